The molecular formula is C15H18N2O. The Bertz CT molecular complexity index is 497. The second-order valence-electron chi connectivity index (χ2n) is 6.12. The summed E-state index contributed by atoms with van der Waals surface area (Å²) in [6, 6.07) is 5.63. The van der Waals surface area contributed by atoms with Gasteiger partial charge in [-0.2, -0.15) is 5.26 Å². The molecule has 2 rings (SSSR count). The molecule has 0 bridgehead atoms. The van der Waals surface area contributed by atoms with Crippen LogP contribution in [0.1, 0.15) is 39.2 Å². The molecule has 1 fully saturated rings. The molecular weight excluding hydrogens is 224 g/mol. The molecule has 1 unspecified atom stereocenters. The molecule has 0 spiro atoms. The first-order valence-corrected chi connectivity index (χ1v) is 6.17. The Balaban J connectivity index is 2.28. The number of carbonyl (C=O) groups is 1. The number of nitrogens with zero attached hydrogens (tertiary/aromatic N) is 2. The molecule has 0 aliphatic heterocycles. The van der Waals surface area contributed by atoms with E-state index in [1.54, 1.807) is 24.5 Å². The summed E-state index contributed by atoms with van der Waals surface area (Å²) >= 11 is 0. The van der Waals surface area contributed by atoms with E-state index in [0.717, 1.165) is 5.56 Å². The van der Waals surface area contributed by atoms with E-state index in [9.17, 15) is 10.1 Å². The summed E-state index contributed by atoms with van der Waals surface area (Å²) in [5.41, 5.74) is 0.703. The lowest BCUT2D eigenvalue weighted by Gasteiger charge is -2.09. The lowest BCUT2D eigenvalue weighted by atomic mass is 9.91. The standard InChI is InChI=1S/C15H18N2O/c1-14(2)13(15(14,3)4)12(18)11(9-16)10-5-7-17-8-6-10/h5-8,11,13H,1-4H3. The third kappa shape index (κ3) is 1.64. The van der Waals surface area contributed by atoms with Crippen molar-refractivity contribution in [2.45, 2.75) is 33.6 Å². The SMILES string of the molecule is CC1(C)C(C(=O)C(C#N)c2ccncc2)C1(C)C. The van der Waals surface area contributed by atoms with Gasteiger partial charge in [-0.1, -0.05) is 27.7 Å². The van der Waals surface area contributed by atoms with Gasteiger partial charge in [0.25, 0.3) is 0 Å². The molecule has 0 amide bonds. The summed E-state index contributed by atoms with van der Waals surface area (Å²) in [6.07, 6.45) is 3.24. The van der Waals surface area contributed by atoms with Gasteiger partial charge in [-0.05, 0) is 28.5 Å². The van der Waals surface area contributed by atoms with Crippen LogP contribution in [0.2, 0.25) is 0 Å². The topological polar surface area (TPSA) is 53.8 Å². The van der Waals surface area contributed by atoms with E-state index < -0.39 is 5.92 Å². The number of carbonyl (C=O) groups excluding carboxylic acids is 1. The highest BCUT2D eigenvalue weighted by molar-refractivity contribution is 5.94. The van der Waals surface area contributed by atoms with Crippen LogP contribution < -0.4 is 0 Å². The molecule has 0 N–H and O–H groups in total. The second-order valence-corrected chi connectivity index (χ2v) is 6.12. The smallest absolute Gasteiger partial charge is 0.158 e. The van der Waals surface area contributed by atoms with E-state index in [2.05, 4.69) is 38.7 Å². The minimum Gasteiger partial charge on any atom is -0.297 e. The number of rotatable bonds is 3. The minimum atomic E-state index is -0.668. The Hall–Kier alpha value is -1.69. The average Bonchev–Trinajstić information content (AvgIpc) is 2.71. The van der Waals surface area contributed by atoms with Crippen molar-refractivity contribution in [1.82, 2.24) is 4.98 Å². The Morgan fingerprint density at radius 2 is 1.78 bits per heavy atom. The van der Waals surface area contributed by atoms with E-state index in [0.29, 0.717) is 0 Å². The van der Waals surface area contributed by atoms with Gasteiger partial charge in [-0.25, -0.2) is 0 Å². The van der Waals surface area contributed by atoms with Crippen molar-refractivity contribution in [2.75, 3.05) is 0 Å². The van der Waals surface area contributed by atoms with E-state index in [1.165, 1.54) is 0 Å². The van der Waals surface area contributed by atoms with Crippen LogP contribution in [-0.4, -0.2) is 10.8 Å². The van der Waals surface area contributed by atoms with Crippen molar-refractivity contribution in [3.63, 3.8) is 0 Å². The molecule has 3 heteroatoms. The molecule has 1 aliphatic rings. The van der Waals surface area contributed by atoms with Gasteiger partial charge >= 0.3 is 0 Å². The summed E-state index contributed by atoms with van der Waals surface area (Å²) in [6.45, 7) is 8.38. The number of Topliss-reactive ketones (excluding diaryl/α,β-unsaturated/α-hetero) is 1. The van der Waals surface area contributed by atoms with Crippen LogP contribution in [0.15, 0.2) is 24.5 Å². The maximum atomic E-state index is 12.5. The van der Waals surface area contributed by atoms with Crippen molar-refractivity contribution < 1.29 is 4.79 Å². The predicted octanol–water partition coefficient (Wildman–Crippen LogP) is 2.94. The summed E-state index contributed by atoms with van der Waals surface area (Å²) in [5.74, 6) is -0.666. The van der Waals surface area contributed by atoms with Crippen molar-refractivity contribution in [3.8, 4) is 6.07 Å². The number of nitriles is 1. The summed E-state index contributed by atoms with van der Waals surface area (Å²) in [5, 5.41) is 9.28. The second kappa shape index (κ2) is 3.91. The first-order valence-electron chi connectivity index (χ1n) is 6.17. The molecule has 1 aliphatic carbocycles. The molecule has 94 valence electrons. The molecule has 0 aromatic carbocycles. The summed E-state index contributed by atoms with van der Waals surface area (Å²) in [7, 11) is 0. The average molecular weight is 242 g/mol. The highest BCUT2D eigenvalue weighted by atomic mass is 16.1. The van der Waals surface area contributed by atoms with Gasteiger partial charge in [-0.3, -0.25) is 9.78 Å². The van der Waals surface area contributed by atoms with E-state index in [1.807, 2.05) is 0 Å². The number of hydrogen-bond donors (Lipinski definition) is 0. The fourth-order valence-electron chi connectivity index (χ4n) is 2.93. The van der Waals surface area contributed by atoms with Crippen LogP contribution in [0.5, 0.6) is 0 Å². The van der Waals surface area contributed by atoms with Gasteiger partial charge in [0.05, 0.1) is 6.07 Å². The number of pyridine rings is 1. The summed E-state index contributed by atoms with van der Waals surface area (Å²) in [4.78, 5) is 16.4. The van der Waals surface area contributed by atoms with Crippen molar-refractivity contribution in [2.24, 2.45) is 16.7 Å². The van der Waals surface area contributed by atoms with Crippen molar-refractivity contribution in [3.05, 3.63) is 30.1 Å². The molecule has 1 saturated carbocycles. The molecule has 1 aromatic rings. The third-order valence-electron chi connectivity index (χ3n) is 4.76. The highest BCUT2D eigenvalue weighted by Gasteiger charge is 2.68. The van der Waals surface area contributed by atoms with Crippen LogP contribution in [-0.2, 0) is 4.79 Å². The van der Waals surface area contributed by atoms with Gasteiger partial charge in [-0.15, -0.1) is 0 Å². The van der Waals surface area contributed by atoms with Crippen molar-refractivity contribution in [1.29, 1.82) is 5.26 Å². The van der Waals surface area contributed by atoms with Gasteiger partial charge in [0.1, 0.15) is 5.92 Å². The van der Waals surface area contributed by atoms with Crippen LogP contribution >= 0.6 is 0 Å². The normalized spacial score (nSPS) is 21.9. The molecule has 0 saturated heterocycles. The summed E-state index contributed by atoms with van der Waals surface area (Å²) < 4.78 is 0. The Labute approximate surface area is 108 Å². The predicted molar refractivity (Wildman–Crippen MR) is 68.7 cm³/mol. The van der Waals surface area contributed by atoms with Crippen LogP contribution in [0.4, 0.5) is 0 Å². The molecule has 3 nitrogen and oxygen atoms in total. The number of hydrogen-bond acceptors (Lipinski definition) is 3. The van der Waals surface area contributed by atoms with E-state index >= 15 is 0 Å². The minimum absolute atomic E-state index is 0.0216. The lowest BCUT2D eigenvalue weighted by molar-refractivity contribution is -0.121. The molecule has 1 atom stereocenters. The fourth-order valence-corrected chi connectivity index (χ4v) is 2.93. The number of ketones is 1. The quantitative estimate of drug-likeness (QED) is 0.818. The zero-order valence-corrected chi connectivity index (χ0v) is 11.3. The maximum absolute atomic E-state index is 12.5. The molecule has 1 aromatic heterocycles. The fraction of sp³-hybridized carbons (Fsp3) is 0.533. The largest absolute Gasteiger partial charge is 0.297 e. The zero-order chi connectivity index (χ0) is 13.6. The zero-order valence-electron chi connectivity index (χ0n) is 11.3. The van der Waals surface area contributed by atoms with Crippen LogP contribution in [0.3, 0.4) is 0 Å². The van der Waals surface area contributed by atoms with Gasteiger partial charge < -0.3 is 0 Å². The van der Waals surface area contributed by atoms with Gasteiger partial charge in [0.15, 0.2) is 5.78 Å². The molecule has 18 heavy (non-hydrogen) atoms. The Morgan fingerprint density at radius 3 is 2.17 bits per heavy atom. The van der Waals surface area contributed by atoms with E-state index in [-0.39, 0.29) is 22.5 Å². The molecule has 1 heterocycles. The Kier molecular flexibility index (Phi) is 2.77. The lowest BCUT2D eigenvalue weighted by Crippen LogP contribution is -2.16. The van der Waals surface area contributed by atoms with Gasteiger partial charge in [0.2, 0.25) is 0 Å². The highest BCUT2D eigenvalue weighted by Crippen LogP contribution is 2.69. The first-order chi connectivity index (χ1) is 8.34. The van der Waals surface area contributed by atoms with Gasteiger partial charge in [0, 0.05) is 18.3 Å². The third-order valence-corrected chi connectivity index (χ3v) is 4.76. The van der Waals surface area contributed by atoms with Crippen LogP contribution in [0, 0.1) is 28.1 Å². The number of aromatic nitrogens is 1. The van der Waals surface area contributed by atoms with E-state index in [4.69, 9.17) is 0 Å². The van der Waals surface area contributed by atoms with Crippen molar-refractivity contribution >= 4 is 5.78 Å². The first kappa shape index (κ1) is 12.8. The van der Waals surface area contributed by atoms with Crippen LogP contribution in [0.25, 0.3) is 0 Å². The monoisotopic (exact) mass is 242 g/mol. The maximum Gasteiger partial charge on any atom is 0.158 e. The molecule has 0 radical (unpaired) electrons. The Morgan fingerprint density at radius 1 is 1.28 bits per heavy atom.